The molecule has 100 valence electrons. The van der Waals surface area contributed by atoms with Crippen LogP contribution in [-0.4, -0.2) is 10.9 Å². The summed E-state index contributed by atoms with van der Waals surface area (Å²) in [7, 11) is 0. The van der Waals surface area contributed by atoms with Crippen molar-refractivity contribution in [2.45, 2.75) is 24.3 Å². The first-order valence-corrected chi connectivity index (χ1v) is 7.13. The molecule has 0 saturated carbocycles. The topological polar surface area (TPSA) is 42.0 Å². The number of nitrogens with one attached hydrogen (secondary N) is 1. The Bertz CT molecular complexity index is 572. The number of aromatic nitrogens is 1. The van der Waals surface area contributed by atoms with E-state index in [9.17, 15) is 9.18 Å². The highest BCUT2D eigenvalue weighted by Gasteiger charge is 2.18. The minimum absolute atomic E-state index is 0.00232. The lowest BCUT2D eigenvalue weighted by Gasteiger charge is -2.14. The molecule has 0 saturated heterocycles. The van der Waals surface area contributed by atoms with Crippen molar-refractivity contribution >= 4 is 29.9 Å². The number of thiol groups is 1. The van der Waals surface area contributed by atoms with Crippen LogP contribution in [0.2, 0.25) is 0 Å². The molecule has 0 aliphatic rings. The van der Waals surface area contributed by atoms with E-state index in [4.69, 9.17) is 0 Å². The van der Waals surface area contributed by atoms with E-state index in [0.29, 0.717) is 11.3 Å². The number of hydrogen-bond donors (Lipinski definition) is 2. The van der Waals surface area contributed by atoms with Gasteiger partial charge in [0.25, 0.3) is 5.91 Å². The van der Waals surface area contributed by atoms with Gasteiger partial charge in [-0.3, -0.25) is 4.79 Å². The van der Waals surface area contributed by atoms with Crippen molar-refractivity contribution in [2.75, 3.05) is 0 Å². The summed E-state index contributed by atoms with van der Waals surface area (Å²) in [6.45, 7) is 1.94. The van der Waals surface area contributed by atoms with Crippen molar-refractivity contribution in [3.8, 4) is 0 Å². The molecular weight excluding hydrogens is 283 g/mol. The lowest BCUT2D eigenvalue weighted by molar-refractivity contribution is 0.0931. The van der Waals surface area contributed by atoms with Crippen molar-refractivity contribution < 1.29 is 9.18 Å². The molecule has 1 amide bonds. The Morgan fingerprint density at radius 3 is 3.00 bits per heavy atom. The van der Waals surface area contributed by atoms with Crippen LogP contribution in [0.25, 0.3) is 0 Å². The first-order chi connectivity index (χ1) is 9.11. The third-order valence-corrected chi connectivity index (χ3v) is 3.83. The number of nitrogens with zero attached hydrogens (tertiary/aromatic N) is 1. The van der Waals surface area contributed by atoms with Crippen LogP contribution in [0.4, 0.5) is 4.39 Å². The van der Waals surface area contributed by atoms with Gasteiger partial charge >= 0.3 is 0 Å². The SMILES string of the molecule is CCC(NC(=O)c1cc(S)ccc1F)c1nccs1. The van der Waals surface area contributed by atoms with Crippen LogP contribution in [0.15, 0.2) is 34.7 Å². The molecule has 19 heavy (non-hydrogen) atoms. The molecule has 1 N–H and O–H groups in total. The maximum Gasteiger partial charge on any atom is 0.254 e. The Balaban J connectivity index is 2.18. The monoisotopic (exact) mass is 296 g/mol. The third kappa shape index (κ3) is 3.33. The van der Waals surface area contributed by atoms with E-state index in [2.05, 4.69) is 22.9 Å². The quantitative estimate of drug-likeness (QED) is 0.849. The van der Waals surface area contributed by atoms with Gasteiger partial charge in [-0.15, -0.1) is 24.0 Å². The maximum atomic E-state index is 13.6. The van der Waals surface area contributed by atoms with Gasteiger partial charge in [-0.2, -0.15) is 0 Å². The van der Waals surface area contributed by atoms with Gasteiger partial charge in [0.05, 0.1) is 11.6 Å². The second kappa shape index (κ2) is 6.16. The van der Waals surface area contributed by atoms with E-state index in [0.717, 1.165) is 5.01 Å². The summed E-state index contributed by atoms with van der Waals surface area (Å²) in [6.07, 6.45) is 2.38. The van der Waals surface area contributed by atoms with Gasteiger partial charge in [-0.25, -0.2) is 9.37 Å². The molecule has 1 atom stereocenters. The normalized spacial score (nSPS) is 12.2. The average molecular weight is 296 g/mol. The Labute approximate surface area is 120 Å². The van der Waals surface area contributed by atoms with E-state index in [1.165, 1.54) is 29.5 Å². The molecule has 6 heteroatoms. The maximum absolute atomic E-state index is 13.6. The van der Waals surface area contributed by atoms with Crippen molar-refractivity contribution in [3.63, 3.8) is 0 Å². The highest BCUT2D eigenvalue weighted by atomic mass is 32.1. The molecule has 1 aromatic carbocycles. The summed E-state index contributed by atoms with van der Waals surface area (Å²) in [5, 5.41) is 5.45. The Morgan fingerprint density at radius 2 is 2.37 bits per heavy atom. The highest BCUT2D eigenvalue weighted by Crippen LogP contribution is 2.20. The fourth-order valence-electron chi connectivity index (χ4n) is 1.67. The van der Waals surface area contributed by atoms with Gasteiger partial charge in [0.2, 0.25) is 0 Å². The Hall–Kier alpha value is -1.40. The first-order valence-electron chi connectivity index (χ1n) is 5.80. The van der Waals surface area contributed by atoms with E-state index in [1.807, 2.05) is 12.3 Å². The number of carbonyl (C=O) groups excluding carboxylic acids is 1. The molecule has 1 unspecified atom stereocenters. The Morgan fingerprint density at radius 1 is 1.58 bits per heavy atom. The molecule has 0 aliphatic carbocycles. The van der Waals surface area contributed by atoms with Crippen LogP contribution < -0.4 is 5.32 Å². The number of hydrogen-bond acceptors (Lipinski definition) is 4. The second-order valence-electron chi connectivity index (χ2n) is 3.97. The lowest BCUT2D eigenvalue weighted by Crippen LogP contribution is -2.28. The Kier molecular flexibility index (Phi) is 4.55. The fourth-order valence-corrected chi connectivity index (χ4v) is 2.64. The standard InChI is InChI=1S/C13H13FN2OS2/c1-2-11(13-15-5-6-19-13)16-12(17)9-7-8(18)3-4-10(9)14/h3-7,11,18H,2H2,1H3,(H,16,17). The molecule has 0 fully saturated rings. The van der Waals surface area contributed by atoms with E-state index >= 15 is 0 Å². The van der Waals surface area contributed by atoms with Gasteiger partial charge in [0, 0.05) is 16.5 Å². The van der Waals surface area contributed by atoms with Crippen LogP contribution in [0, 0.1) is 5.82 Å². The molecular formula is C13H13FN2OS2. The largest absolute Gasteiger partial charge is 0.343 e. The predicted molar refractivity (Wildman–Crippen MR) is 76.3 cm³/mol. The second-order valence-corrected chi connectivity index (χ2v) is 5.41. The minimum Gasteiger partial charge on any atom is -0.343 e. The van der Waals surface area contributed by atoms with Crippen LogP contribution in [-0.2, 0) is 0 Å². The molecule has 1 heterocycles. The van der Waals surface area contributed by atoms with Crippen LogP contribution in [0.3, 0.4) is 0 Å². The smallest absolute Gasteiger partial charge is 0.254 e. The molecule has 1 aromatic heterocycles. The van der Waals surface area contributed by atoms with Gasteiger partial charge < -0.3 is 5.32 Å². The summed E-state index contributed by atoms with van der Waals surface area (Å²) >= 11 is 5.58. The van der Waals surface area contributed by atoms with Gasteiger partial charge in [-0.1, -0.05) is 6.92 Å². The van der Waals surface area contributed by atoms with Crippen molar-refractivity contribution in [1.29, 1.82) is 0 Å². The first kappa shape index (κ1) is 14.0. The number of carbonyl (C=O) groups is 1. The van der Waals surface area contributed by atoms with Gasteiger partial charge in [0.15, 0.2) is 0 Å². The molecule has 0 aliphatic heterocycles. The van der Waals surface area contributed by atoms with Gasteiger partial charge in [-0.05, 0) is 24.6 Å². The van der Waals surface area contributed by atoms with Crippen LogP contribution in [0.5, 0.6) is 0 Å². The van der Waals surface area contributed by atoms with Gasteiger partial charge in [0.1, 0.15) is 10.8 Å². The molecule has 0 bridgehead atoms. The van der Waals surface area contributed by atoms with Crippen molar-refractivity contribution in [1.82, 2.24) is 10.3 Å². The van der Waals surface area contributed by atoms with E-state index in [-0.39, 0.29) is 11.6 Å². The lowest BCUT2D eigenvalue weighted by atomic mass is 10.1. The zero-order valence-electron chi connectivity index (χ0n) is 10.3. The van der Waals surface area contributed by atoms with E-state index < -0.39 is 11.7 Å². The fraction of sp³-hybridized carbons (Fsp3) is 0.231. The zero-order chi connectivity index (χ0) is 13.8. The summed E-state index contributed by atoms with van der Waals surface area (Å²) in [6, 6.07) is 3.97. The molecule has 0 radical (unpaired) electrons. The number of rotatable bonds is 4. The highest BCUT2D eigenvalue weighted by molar-refractivity contribution is 7.80. The summed E-state index contributed by atoms with van der Waals surface area (Å²) in [4.78, 5) is 16.8. The number of thiazole rings is 1. The van der Waals surface area contributed by atoms with E-state index in [1.54, 1.807) is 6.20 Å². The minimum atomic E-state index is -0.552. The molecule has 2 aromatic rings. The van der Waals surface area contributed by atoms with Crippen molar-refractivity contribution in [3.05, 3.63) is 46.2 Å². The number of halogens is 1. The average Bonchev–Trinajstić information content (AvgIpc) is 2.92. The summed E-state index contributed by atoms with van der Waals surface area (Å²) in [5.74, 6) is -1.00. The summed E-state index contributed by atoms with van der Waals surface area (Å²) < 4.78 is 13.6. The third-order valence-electron chi connectivity index (χ3n) is 2.66. The molecule has 2 rings (SSSR count). The zero-order valence-corrected chi connectivity index (χ0v) is 12.0. The number of amides is 1. The number of benzene rings is 1. The van der Waals surface area contributed by atoms with Crippen LogP contribution >= 0.6 is 24.0 Å². The van der Waals surface area contributed by atoms with Crippen LogP contribution in [0.1, 0.15) is 34.8 Å². The summed E-state index contributed by atoms with van der Waals surface area (Å²) in [5.41, 5.74) is 0.00232. The predicted octanol–water partition coefficient (Wildman–Crippen LogP) is 3.45. The molecule has 0 spiro atoms. The molecule has 3 nitrogen and oxygen atoms in total. The van der Waals surface area contributed by atoms with Crippen molar-refractivity contribution in [2.24, 2.45) is 0 Å².